The number of amides is 2. The van der Waals surface area contributed by atoms with E-state index in [1.807, 2.05) is 6.07 Å². The fourth-order valence-corrected chi connectivity index (χ4v) is 3.19. The van der Waals surface area contributed by atoms with Crippen molar-refractivity contribution in [3.63, 3.8) is 0 Å². The summed E-state index contributed by atoms with van der Waals surface area (Å²) in [7, 11) is 1.62. The predicted octanol–water partition coefficient (Wildman–Crippen LogP) is 3.38. The van der Waals surface area contributed by atoms with Crippen LogP contribution in [0.4, 0.5) is 16.5 Å². The van der Waals surface area contributed by atoms with Gasteiger partial charge in [-0.05, 0) is 63.9 Å². The molecule has 1 aromatic carbocycles. The fraction of sp³-hybridized carbons (Fsp3) is 0.375. The van der Waals surface area contributed by atoms with Gasteiger partial charge in [-0.25, -0.2) is 9.59 Å². The largest absolute Gasteiger partial charge is 0.444 e. The van der Waals surface area contributed by atoms with Gasteiger partial charge in [0, 0.05) is 31.7 Å². The molecule has 34 heavy (non-hydrogen) atoms. The first-order chi connectivity index (χ1) is 16.0. The van der Waals surface area contributed by atoms with Crippen molar-refractivity contribution in [2.45, 2.75) is 52.8 Å². The number of carbonyl (C=O) groups is 2. The molecule has 2 N–H and O–H groups in total. The summed E-state index contributed by atoms with van der Waals surface area (Å²) in [5.74, 6) is -0.260. The maximum Gasteiger partial charge on any atom is 0.412 e. The molecule has 2 amide bonds. The Morgan fingerprint density at radius 2 is 1.97 bits per heavy atom. The lowest BCUT2D eigenvalue weighted by atomic mass is 10.1. The zero-order valence-electron chi connectivity index (χ0n) is 20.1. The molecule has 0 saturated carbocycles. The van der Waals surface area contributed by atoms with Crippen LogP contribution in [0.2, 0.25) is 0 Å². The minimum Gasteiger partial charge on any atom is -0.444 e. The van der Waals surface area contributed by atoms with Gasteiger partial charge in [0.2, 0.25) is 5.91 Å². The number of ether oxygens (including phenoxy) is 1. The maximum atomic E-state index is 12.8. The van der Waals surface area contributed by atoms with Gasteiger partial charge in [-0.15, -0.1) is 0 Å². The Balaban J connectivity index is 1.79. The predicted molar refractivity (Wildman–Crippen MR) is 129 cm³/mol. The Labute approximate surface area is 197 Å². The summed E-state index contributed by atoms with van der Waals surface area (Å²) in [6, 6.07) is 6.26. The van der Waals surface area contributed by atoms with Crippen molar-refractivity contribution in [2.75, 3.05) is 17.3 Å². The number of aromatic nitrogens is 2. The minimum absolute atomic E-state index is 0.00813. The van der Waals surface area contributed by atoms with Gasteiger partial charge in [-0.1, -0.05) is 6.07 Å². The number of benzene rings is 1. The molecule has 1 atom stereocenters. The number of carbonyl (C=O) groups excluding carboxylic acids is 2. The van der Waals surface area contributed by atoms with E-state index in [2.05, 4.69) is 20.6 Å². The van der Waals surface area contributed by atoms with Gasteiger partial charge in [-0.3, -0.25) is 15.1 Å². The van der Waals surface area contributed by atoms with Crippen LogP contribution in [-0.4, -0.2) is 40.7 Å². The Hall–Kier alpha value is -3.95. The molecule has 3 rings (SSSR count). The number of aryl methyl sites for hydroxylation is 1. The molecule has 2 heterocycles. The number of nitrogens with one attached hydrogen (secondary N) is 2. The Bertz CT molecular complexity index is 1250. The molecule has 0 saturated heterocycles. The van der Waals surface area contributed by atoms with E-state index >= 15 is 0 Å². The van der Waals surface area contributed by atoms with Crippen LogP contribution in [0.5, 0.6) is 0 Å². The van der Waals surface area contributed by atoms with E-state index in [1.54, 1.807) is 72.3 Å². The zero-order chi connectivity index (χ0) is 25.0. The van der Waals surface area contributed by atoms with Gasteiger partial charge in [0.25, 0.3) is 0 Å². The second kappa shape index (κ2) is 9.90. The van der Waals surface area contributed by atoms with Gasteiger partial charge in [-0.2, -0.15) is 4.98 Å². The summed E-state index contributed by atoms with van der Waals surface area (Å²) in [6.45, 7) is 8.98. The number of fused-ring (bicyclic) bond motifs is 1. The van der Waals surface area contributed by atoms with Gasteiger partial charge < -0.3 is 19.4 Å². The smallest absolute Gasteiger partial charge is 0.412 e. The van der Waals surface area contributed by atoms with Crippen molar-refractivity contribution in [3.05, 3.63) is 58.2 Å². The van der Waals surface area contributed by atoms with Crippen molar-refractivity contribution < 1.29 is 18.7 Å². The minimum atomic E-state index is -0.657. The Morgan fingerprint density at radius 1 is 1.24 bits per heavy atom. The molecule has 0 aliphatic carbocycles. The van der Waals surface area contributed by atoms with Crippen molar-refractivity contribution in [1.29, 1.82) is 0 Å². The zero-order valence-corrected chi connectivity index (χ0v) is 20.1. The summed E-state index contributed by atoms with van der Waals surface area (Å²) in [4.78, 5) is 47.5. The number of pyridine rings is 1. The molecule has 10 nitrogen and oxygen atoms in total. The number of anilines is 2. The molecule has 0 fully saturated rings. The average molecular weight is 468 g/mol. The van der Waals surface area contributed by atoms with Gasteiger partial charge in [0.15, 0.2) is 0 Å². The highest BCUT2D eigenvalue weighted by Gasteiger charge is 2.23. The van der Waals surface area contributed by atoms with Crippen molar-refractivity contribution in [2.24, 2.45) is 0 Å². The van der Waals surface area contributed by atoms with Gasteiger partial charge in [0.05, 0.1) is 10.9 Å². The topological polar surface area (TPSA) is 127 Å². The van der Waals surface area contributed by atoms with Crippen LogP contribution in [-0.2, 0) is 16.1 Å². The second-order valence-corrected chi connectivity index (χ2v) is 8.91. The van der Waals surface area contributed by atoms with Crippen LogP contribution in [0, 0.1) is 6.92 Å². The van der Waals surface area contributed by atoms with Gasteiger partial charge in [0.1, 0.15) is 11.6 Å². The monoisotopic (exact) mass is 467 g/mol. The Kier molecular flexibility index (Phi) is 7.19. The normalized spacial score (nSPS) is 12.2. The van der Waals surface area contributed by atoms with E-state index in [9.17, 15) is 14.4 Å². The number of hydrogen-bond acceptors (Lipinski definition) is 8. The highest BCUT2D eigenvalue weighted by molar-refractivity contribution is 5.93. The quantitative estimate of drug-likeness (QED) is 0.565. The lowest BCUT2D eigenvalue weighted by molar-refractivity contribution is -0.122. The first-order valence-electron chi connectivity index (χ1n) is 10.8. The van der Waals surface area contributed by atoms with Crippen LogP contribution in [0.15, 0.2) is 45.9 Å². The molecular weight excluding hydrogens is 438 g/mol. The molecule has 0 unspecified atom stereocenters. The second-order valence-electron chi connectivity index (χ2n) is 8.91. The van der Waals surface area contributed by atoms with E-state index in [4.69, 9.17) is 9.15 Å². The van der Waals surface area contributed by atoms with Gasteiger partial charge >= 0.3 is 17.7 Å². The van der Waals surface area contributed by atoms with Crippen LogP contribution in [0.1, 0.15) is 38.8 Å². The maximum absolute atomic E-state index is 12.8. The number of nitrogens with zero attached hydrogens (tertiary/aromatic N) is 3. The highest BCUT2D eigenvalue weighted by atomic mass is 16.6. The molecule has 0 spiro atoms. The third kappa shape index (κ3) is 5.89. The SMILES string of the molecule is Cc1c(NC(=O)OC(C)(C)C)ccc2nc(N(C)[C@@H](C)C(=O)NCc3cccnc3)oc(=O)c12. The molecule has 0 aliphatic heterocycles. The van der Waals surface area contributed by atoms with Crippen LogP contribution in [0.3, 0.4) is 0 Å². The molecular formula is C24H29N5O5. The molecule has 180 valence electrons. The molecule has 0 aliphatic rings. The summed E-state index contributed by atoms with van der Waals surface area (Å²) in [5, 5.41) is 5.71. The highest BCUT2D eigenvalue weighted by Crippen LogP contribution is 2.25. The van der Waals surface area contributed by atoms with Crippen molar-refractivity contribution >= 4 is 34.6 Å². The van der Waals surface area contributed by atoms with E-state index in [1.165, 1.54) is 4.90 Å². The average Bonchev–Trinajstić information content (AvgIpc) is 2.77. The third-order valence-corrected chi connectivity index (χ3v) is 5.13. The van der Waals surface area contributed by atoms with Crippen molar-refractivity contribution in [3.8, 4) is 0 Å². The first-order valence-corrected chi connectivity index (χ1v) is 10.8. The summed E-state index contributed by atoms with van der Waals surface area (Å²) in [6.07, 6.45) is 2.70. The summed E-state index contributed by atoms with van der Waals surface area (Å²) < 4.78 is 10.7. The molecule has 0 radical (unpaired) electrons. The summed E-state index contributed by atoms with van der Waals surface area (Å²) in [5.41, 5.74) is 0.887. The molecule has 3 aromatic rings. The molecule has 10 heteroatoms. The number of hydrogen-bond donors (Lipinski definition) is 2. The van der Waals surface area contributed by atoms with E-state index in [-0.39, 0.29) is 17.3 Å². The number of rotatable bonds is 6. The summed E-state index contributed by atoms with van der Waals surface area (Å²) >= 11 is 0. The van der Waals surface area contributed by atoms with E-state index in [0.29, 0.717) is 23.3 Å². The van der Waals surface area contributed by atoms with E-state index < -0.39 is 23.4 Å². The van der Waals surface area contributed by atoms with E-state index in [0.717, 1.165) is 5.56 Å². The first kappa shape index (κ1) is 24.7. The van der Waals surface area contributed by atoms with Crippen LogP contribution < -0.4 is 21.2 Å². The number of likely N-dealkylation sites (N-methyl/N-ethyl adjacent to an activating group) is 1. The third-order valence-electron chi connectivity index (χ3n) is 5.13. The van der Waals surface area contributed by atoms with Crippen LogP contribution in [0.25, 0.3) is 10.9 Å². The standard InChI is InChI=1S/C24H29N5O5/c1-14-17(28-23(32)34-24(3,4)5)9-10-18-19(14)21(31)33-22(27-18)29(6)15(2)20(30)26-13-16-8-7-11-25-12-16/h7-12,15H,13H2,1-6H3,(H,26,30)(H,28,32)/t15-/m0/s1. The molecule has 2 aromatic heterocycles. The lowest BCUT2D eigenvalue weighted by Gasteiger charge is -2.23. The fourth-order valence-electron chi connectivity index (χ4n) is 3.19. The Morgan fingerprint density at radius 3 is 2.62 bits per heavy atom. The van der Waals surface area contributed by atoms with Crippen LogP contribution >= 0.6 is 0 Å². The lowest BCUT2D eigenvalue weighted by Crippen LogP contribution is -2.43. The van der Waals surface area contributed by atoms with Crippen molar-refractivity contribution in [1.82, 2.24) is 15.3 Å². The molecule has 0 bridgehead atoms.